The number of urea groups is 1. The fourth-order valence-corrected chi connectivity index (χ4v) is 2.98. The van der Waals surface area contributed by atoms with Crippen LogP contribution in [0.5, 0.6) is 5.75 Å². The Morgan fingerprint density at radius 3 is 2.55 bits per heavy atom. The number of aromatic nitrogens is 1. The molecule has 0 fully saturated rings. The first-order valence-corrected chi connectivity index (χ1v) is 9.28. The van der Waals surface area contributed by atoms with Crippen molar-refractivity contribution in [2.24, 2.45) is 0 Å². The molecule has 6 heteroatoms. The molecule has 2 amide bonds. The molecule has 3 aromatic rings. The van der Waals surface area contributed by atoms with Crippen molar-refractivity contribution in [3.63, 3.8) is 0 Å². The molecule has 5 nitrogen and oxygen atoms in total. The van der Waals surface area contributed by atoms with Gasteiger partial charge in [-0.2, -0.15) is 0 Å². The molecule has 150 valence electrons. The van der Waals surface area contributed by atoms with E-state index in [9.17, 15) is 9.18 Å². The van der Waals surface area contributed by atoms with Crippen molar-refractivity contribution >= 4 is 11.7 Å². The molecule has 1 N–H and O–H groups in total. The van der Waals surface area contributed by atoms with Crippen LogP contribution in [0.25, 0.3) is 0 Å². The van der Waals surface area contributed by atoms with Crippen LogP contribution in [0, 0.1) is 5.82 Å². The maximum Gasteiger partial charge on any atom is 0.322 e. The average molecular weight is 393 g/mol. The Balaban J connectivity index is 1.69. The van der Waals surface area contributed by atoms with E-state index < -0.39 is 0 Å². The molecule has 0 unspecified atom stereocenters. The zero-order valence-electron chi connectivity index (χ0n) is 16.3. The SMILES string of the molecule is C=CCN(Cc1cccn1Cc1ccc(F)cc1)C(=O)Nc1ccc(OC)cc1. The molecule has 0 saturated heterocycles. The minimum Gasteiger partial charge on any atom is -0.497 e. The van der Waals surface area contributed by atoms with Gasteiger partial charge in [0.25, 0.3) is 0 Å². The summed E-state index contributed by atoms with van der Waals surface area (Å²) in [6, 6.07) is 17.3. The summed E-state index contributed by atoms with van der Waals surface area (Å²) in [6.45, 7) is 5.19. The van der Waals surface area contributed by atoms with E-state index in [1.165, 1.54) is 12.1 Å². The topological polar surface area (TPSA) is 46.5 Å². The molecule has 0 aliphatic heterocycles. The molecule has 0 radical (unpaired) electrons. The Kier molecular flexibility index (Phi) is 6.68. The van der Waals surface area contributed by atoms with Crippen molar-refractivity contribution in [2.45, 2.75) is 13.1 Å². The monoisotopic (exact) mass is 393 g/mol. The van der Waals surface area contributed by atoms with Gasteiger partial charge in [0.1, 0.15) is 11.6 Å². The summed E-state index contributed by atoms with van der Waals surface area (Å²) < 4.78 is 20.3. The van der Waals surface area contributed by atoms with Gasteiger partial charge in [-0.15, -0.1) is 6.58 Å². The second kappa shape index (κ2) is 9.59. The molecule has 0 aliphatic carbocycles. The van der Waals surface area contributed by atoms with E-state index in [1.807, 2.05) is 22.9 Å². The number of rotatable bonds is 8. The van der Waals surface area contributed by atoms with Gasteiger partial charge in [-0.1, -0.05) is 18.2 Å². The number of halogens is 1. The molecule has 0 atom stereocenters. The van der Waals surface area contributed by atoms with Crippen molar-refractivity contribution in [3.05, 3.63) is 96.6 Å². The molecule has 29 heavy (non-hydrogen) atoms. The highest BCUT2D eigenvalue weighted by Gasteiger charge is 2.15. The third-order valence-electron chi connectivity index (χ3n) is 4.52. The normalized spacial score (nSPS) is 10.4. The van der Waals surface area contributed by atoms with Crippen LogP contribution in [0.15, 0.2) is 79.5 Å². The third-order valence-corrected chi connectivity index (χ3v) is 4.52. The maximum absolute atomic E-state index is 13.1. The number of benzene rings is 2. The van der Waals surface area contributed by atoms with Crippen LogP contribution in [-0.4, -0.2) is 29.2 Å². The Morgan fingerprint density at radius 1 is 1.17 bits per heavy atom. The standard InChI is InChI=1S/C23H24FN3O2/c1-3-14-27(23(28)25-20-10-12-22(29-2)13-11-20)17-21-5-4-15-26(21)16-18-6-8-19(24)9-7-18/h3-13,15H,1,14,16-17H2,2H3,(H,25,28). The third kappa shape index (κ3) is 5.48. The van der Waals surface area contributed by atoms with E-state index in [1.54, 1.807) is 54.5 Å². The molecule has 3 rings (SSSR count). The largest absolute Gasteiger partial charge is 0.497 e. The molecule has 0 bridgehead atoms. The number of anilines is 1. The van der Waals surface area contributed by atoms with E-state index in [4.69, 9.17) is 4.74 Å². The number of carbonyl (C=O) groups excluding carboxylic acids is 1. The number of carbonyl (C=O) groups is 1. The van der Waals surface area contributed by atoms with Gasteiger partial charge in [-0.3, -0.25) is 0 Å². The highest BCUT2D eigenvalue weighted by atomic mass is 19.1. The van der Waals surface area contributed by atoms with Crippen LogP contribution in [0.3, 0.4) is 0 Å². The van der Waals surface area contributed by atoms with Gasteiger partial charge in [0.05, 0.1) is 13.7 Å². The Labute approximate surface area is 170 Å². The fourth-order valence-electron chi connectivity index (χ4n) is 2.98. The van der Waals surface area contributed by atoms with Crippen molar-refractivity contribution in [1.82, 2.24) is 9.47 Å². The van der Waals surface area contributed by atoms with Gasteiger partial charge >= 0.3 is 6.03 Å². The van der Waals surface area contributed by atoms with Gasteiger partial charge in [0, 0.05) is 30.7 Å². The van der Waals surface area contributed by atoms with Gasteiger partial charge in [-0.25, -0.2) is 9.18 Å². The Morgan fingerprint density at radius 2 is 1.90 bits per heavy atom. The number of amides is 2. The lowest BCUT2D eigenvalue weighted by atomic mass is 10.2. The molecule has 0 saturated carbocycles. The second-order valence-corrected chi connectivity index (χ2v) is 6.58. The zero-order valence-corrected chi connectivity index (χ0v) is 16.3. The summed E-state index contributed by atoms with van der Waals surface area (Å²) in [5.41, 5.74) is 2.65. The number of nitrogens with zero attached hydrogens (tertiary/aromatic N) is 2. The number of ether oxygens (including phenoxy) is 1. The number of hydrogen-bond donors (Lipinski definition) is 1. The molecule has 0 spiro atoms. The van der Waals surface area contributed by atoms with Crippen LogP contribution < -0.4 is 10.1 Å². The highest BCUT2D eigenvalue weighted by molar-refractivity contribution is 5.89. The van der Waals surface area contributed by atoms with E-state index in [-0.39, 0.29) is 11.8 Å². The minimum atomic E-state index is -0.256. The minimum absolute atomic E-state index is 0.218. The van der Waals surface area contributed by atoms with E-state index in [2.05, 4.69) is 11.9 Å². The number of nitrogens with one attached hydrogen (secondary N) is 1. The molecule has 1 aromatic heterocycles. The van der Waals surface area contributed by atoms with Gasteiger partial charge in [0.15, 0.2) is 0 Å². The summed E-state index contributed by atoms with van der Waals surface area (Å²) in [5, 5.41) is 2.90. The van der Waals surface area contributed by atoms with E-state index in [0.29, 0.717) is 25.3 Å². The summed E-state index contributed by atoms with van der Waals surface area (Å²) in [5.74, 6) is 0.471. The molecule has 0 aliphatic rings. The first-order valence-electron chi connectivity index (χ1n) is 9.28. The van der Waals surface area contributed by atoms with E-state index >= 15 is 0 Å². The lowest BCUT2D eigenvalue weighted by molar-refractivity contribution is 0.214. The van der Waals surface area contributed by atoms with Crippen molar-refractivity contribution in [3.8, 4) is 5.75 Å². The molecular formula is C23H24FN3O2. The van der Waals surface area contributed by atoms with Crippen LogP contribution in [-0.2, 0) is 13.1 Å². The molecular weight excluding hydrogens is 369 g/mol. The average Bonchev–Trinajstić information content (AvgIpc) is 3.16. The molecule has 1 heterocycles. The highest BCUT2D eigenvalue weighted by Crippen LogP contribution is 2.17. The van der Waals surface area contributed by atoms with Gasteiger partial charge in [0.2, 0.25) is 0 Å². The lowest BCUT2D eigenvalue weighted by Crippen LogP contribution is -2.35. The Hall–Kier alpha value is -3.54. The molecule has 2 aromatic carbocycles. The summed E-state index contributed by atoms with van der Waals surface area (Å²) >= 11 is 0. The maximum atomic E-state index is 13.1. The van der Waals surface area contributed by atoms with Gasteiger partial charge in [-0.05, 0) is 54.1 Å². The first kappa shape index (κ1) is 20.2. The fraction of sp³-hybridized carbons (Fsp3) is 0.174. The quantitative estimate of drug-likeness (QED) is 0.553. The Bertz CT molecular complexity index is 949. The predicted octanol–water partition coefficient (Wildman–Crippen LogP) is 4.90. The van der Waals surface area contributed by atoms with Gasteiger partial charge < -0.3 is 19.5 Å². The van der Waals surface area contributed by atoms with Crippen LogP contribution in [0.2, 0.25) is 0 Å². The van der Waals surface area contributed by atoms with Crippen molar-refractivity contribution in [1.29, 1.82) is 0 Å². The predicted molar refractivity (Wildman–Crippen MR) is 113 cm³/mol. The summed E-state index contributed by atoms with van der Waals surface area (Å²) in [6.07, 6.45) is 3.65. The summed E-state index contributed by atoms with van der Waals surface area (Å²) in [4.78, 5) is 14.4. The van der Waals surface area contributed by atoms with Crippen LogP contribution in [0.1, 0.15) is 11.3 Å². The second-order valence-electron chi connectivity index (χ2n) is 6.58. The zero-order chi connectivity index (χ0) is 20.6. The smallest absolute Gasteiger partial charge is 0.322 e. The van der Waals surface area contributed by atoms with Crippen LogP contribution in [0.4, 0.5) is 14.9 Å². The van der Waals surface area contributed by atoms with Crippen molar-refractivity contribution < 1.29 is 13.9 Å². The van der Waals surface area contributed by atoms with Crippen molar-refractivity contribution in [2.75, 3.05) is 19.0 Å². The van der Waals surface area contributed by atoms with E-state index in [0.717, 1.165) is 17.0 Å². The number of methoxy groups -OCH3 is 1. The first-order chi connectivity index (χ1) is 14.1. The number of hydrogen-bond acceptors (Lipinski definition) is 2. The summed E-state index contributed by atoms with van der Waals surface area (Å²) in [7, 11) is 1.60. The van der Waals surface area contributed by atoms with Crippen LogP contribution >= 0.6 is 0 Å². The lowest BCUT2D eigenvalue weighted by Gasteiger charge is -2.23.